The van der Waals surface area contributed by atoms with Crippen molar-refractivity contribution in [1.29, 1.82) is 0 Å². The fourth-order valence-corrected chi connectivity index (χ4v) is 5.79. The molecule has 0 unspecified atom stereocenters. The van der Waals surface area contributed by atoms with Crippen LogP contribution in [0, 0.1) is 0 Å². The third-order valence-electron chi connectivity index (χ3n) is 8.23. The van der Waals surface area contributed by atoms with E-state index in [2.05, 4.69) is 27.1 Å². The number of nitrogens with zero attached hydrogens (tertiary/aromatic N) is 6. The van der Waals surface area contributed by atoms with E-state index in [-0.39, 0.29) is 17.9 Å². The molecule has 3 heterocycles. The lowest BCUT2D eigenvalue weighted by atomic mass is 10.0. The van der Waals surface area contributed by atoms with Gasteiger partial charge in [0.25, 0.3) is 5.91 Å². The van der Waals surface area contributed by atoms with Crippen molar-refractivity contribution in [3.8, 4) is 5.75 Å². The van der Waals surface area contributed by atoms with E-state index in [1.807, 2.05) is 24.1 Å². The summed E-state index contributed by atoms with van der Waals surface area (Å²) in [6, 6.07) is 6.05. The summed E-state index contributed by atoms with van der Waals surface area (Å²) in [6.45, 7) is 2.63. The SMILES string of the molecule is COc1cc(C(=O)NC2CCN(C)CC2)ccc1N(C)c1ncc2c(n1)N(C1CCCC1)CCC(=O)N2C. The first-order valence-electron chi connectivity index (χ1n) is 13.7. The predicted octanol–water partition coefficient (Wildman–Crippen LogP) is 3.19. The number of aromatic nitrogens is 2. The van der Waals surface area contributed by atoms with Gasteiger partial charge >= 0.3 is 0 Å². The Hall–Kier alpha value is -3.40. The lowest BCUT2D eigenvalue weighted by Gasteiger charge is -2.31. The van der Waals surface area contributed by atoms with Crippen molar-refractivity contribution in [2.24, 2.45) is 0 Å². The number of hydrogen-bond acceptors (Lipinski definition) is 8. The molecule has 1 aromatic carbocycles. The predicted molar refractivity (Wildman–Crippen MR) is 149 cm³/mol. The highest BCUT2D eigenvalue weighted by molar-refractivity contribution is 5.97. The molecule has 1 saturated heterocycles. The zero-order chi connectivity index (χ0) is 26.8. The molecule has 0 spiro atoms. The molecular weight excluding hydrogens is 482 g/mol. The highest BCUT2D eigenvalue weighted by atomic mass is 16.5. The molecule has 1 aromatic heterocycles. The van der Waals surface area contributed by atoms with Crippen molar-refractivity contribution in [2.75, 3.05) is 62.6 Å². The van der Waals surface area contributed by atoms with E-state index in [1.54, 1.807) is 31.3 Å². The monoisotopic (exact) mass is 521 g/mol. The highest BCUT2D eigenvalue weighted by Gasteiger charge is 2.32. The third kappa shape index (κ3) is 5.27. The number of rotatable bonds is 6. The van der Waals surface area contributed by atoms with Gasteiger partial charge in [-0.1, -0.05) is 12.8 Å². The maximum absolute atomic E-state index is 13.0. The number of benzene rings is 1. The number of hydrogen-bond donors (Lipinski definition) is 1. The van der Waals surface area contributed by atoms with Crippen LogP contribution in [0.15, 0.2) is 24.4 Å². The van der Waals surface area contributed by atoms with Crippen LogP contribution < -0.4 is 24.8 Å². The van der Waals surface area contributed by atoms with Crippen molar-refractivity contribution in [1.82, 2.24) is 20.2 Å². The maximum atomic E-state index is 13.0. The van der Waals surface area contributed by atoms with Crippen LogP contribution in [0.4, 0.5) is 23.1 Å². The van der Waals surface area contributed by atoms with Gasteiger partial charge in [0, 0.05) is 44.7 Å². The Morgan fingerprint density at radius 1 is 1.11 bits per heavy atom. The summed E-state index contributed by atoms with van der Waals surface area (Å²) in [5, 5.41) is 3.17. The number of anilines is 4. The average Bonchev–Trinajstić information content (AvgIpc) is 3.44. The fourth-order valence-electron chi connectivity index (χ4n) is 5.79. The smallest absolute Gasteiger partial charge is 0.251 e. The first-order valence-corrected chi connectivity index (χ1v) is 13.7. The second-order valence-corrected chi connectivity index (χ2v) is 10.7. The van der Waals surface area contributed by atoms with E-state index >= 15 is 0 Å². The van der Waals surface area contributed by atoms with Crippen LogP contribution >= 0.6 is 0 Å². The molecule has 204 valence electrons. The van der Waals surface area contributed by atoms with Crippen molar-refractivity contribution in [2.45, 2.75) is 57.0 Å². The molecule has 0 bridgehead atoms. The van der Waals surface area contributed by atoms with E-state index in [9.17, 15) is 9.59 Å². The molecule has 5 rings (SSSR count). The summed E-state index contributed by atoms with van der Waals surface area (Å²) < 4.78 is 5.70. The van der Waals surface area contributed by atoms with Crippen LogP contribution in [0.2, 0.25) is 0 Å². The molecule has 2 amide bonds. The first-order chi connectivity index (χ1) is 18.4. The largest absolute Gasteiger partial charge is 0.495 e. The Morgan fingerprint density at radius 2 is 1.84 bits per heavy atom. The van der Waals surface area contributed by atoms with Gasteiger partial charge in [0.05, 0.1) is 19.0 Å². The van der Waals surface area contributed by atoms with E-state index in [1.165, 1.54) is 12.8 Å². The summed E-state index contributed by atoms with van der Waals surface area (Å²) in [7, 11) is 7.40. The van der Waals surface area contributed by atoms with Crippen LogP contribution in [-0.2, 0) is 4.79 Å². The minimum atomic E-state index is -0.0896. The second kappa shape index (κ2) is 11.1. The summed E-state index contributed by atoms with van der Waals surface area (Å²) >= 11 is 0. The average molecular weight is 522 g/mol. The zero-order valence-electron chi connectivity index (χ0n) is 22.9. The summed E-state index contributed by atoms with van der Waals surface area (Å²) in [5.41, 5.74) is 2.06. The zero-order valence-corrected chi connectivity index (χ0v) is 22.9. The minimum absolute atomic E-state index is 0.0761. The lowest BCUT2D eigenvalue weighted by molar-refractivity contribution is -0.118. The number of carbonyl (C=O) groups excluding carboxylic acids is 2. The molecule has 10 nitrogen and oxygen atoms in total. The number of amides is 2. The van der Waals surface area contributed by atoms with E-state index < -0.39 is 0 Å². The summed E-state index contributed by atoms with van der Waals surface area (Å²) in [6.07, 6.45) is 8.74. The number of carbonyl (C=O) groups is 2. The minimum Gasteiger partial charge on any atom is -0.495 e. The van der Waals surface area contributed by atoms with Crippen molar-refractivity contribution >= 4 is 35.0 Å². The van der Waals surface area contributed by atoms with Gasteiger partial charge in [0.2, 0.25) is 11.9 Å². The Morgan fingerprint density at radius 3 is 2.55 bits per heavy atom. The third-order valence-corrected chi connectivity index (χ3v) is 8.23. The standard InChI is InChI=1S/C28H39N7O3/c1-32-14-11-20(12-15-32)30-27(37)19-9-10-22(24(17-19)38-4)34(3)28-29-18-23-26(31-28)35(21-7-5-6-8-21)16-13-25(36)33(23)2/h9-10,17-18,20-21H,5-8,11-16H2,1-4H3,(H,30,37). The van der Waals surface area contributed by atoms with Gasteiger partial charge < -0.3 is 29.7 Å². The molecule has 1 saturated carbocycles. The molecule has 2 fully saturated rings. The van der Waals surface area contributed by atoms with Crippen LogP contribution in [0.1, 0.15) is 55.3 Å². The van der Waals surface area contributed by atoms with E-state index in [4.69, 9.17) is 9.72 Å². The first kappa shape index (κ1) is 26.2. The van der Waals surface area contributed by atoms with Crippen LogP contribution in [0.3, 0.4) is 0 Å². The van der Waals surface area contributed by atoms with Crippen molar-refractivity contribution < 1.29 is 14.3 Å². The number of nitrogens with one attached hydrogen (secondary N) is 1. The number of piperidine rings is 1. The fraction of sp³-hybridized carbons (Fsp3) is 0.571. The Balaban J connectivity index is 1.40. The van der Waals surface area contributed by atoms with Gasteiger partial charge in [-0.15, -0.1) is 0 Å². The van der Waals surface area contributed by atoms with Gasteiger partial charge in [-0.05, 0) is 64.0 Å². The van der Waals surface area contributed by atoms with E-state index in [0.29, 0.717) is 36.3 Å². The number of likely N-dealkylation sites (tertiary alicyclic amines) is 1. The molecule has 1 aliphatic carbocycles. The van der Waals surface area contributed by atoms with Gasteiger partial charge in [-0.25, -0.2) is 4.98 Å². The molecule has 3 aliphatic rings. The molecule has 0 radical (unpaired) electrons. The van der Waals surface area contributed by atoms with Crippen LogP contribution in [0.25, 0.3) is 0 Å². The Kier molecular flexibility index (Phi) is 7.69. The van der Waals surface area contributed by atoms with E-state index in [0.717, 1.165) is 56.0 Å². The topological polar surface area (TPSA) is 94.1 Å². The normalized spacial score (nSPS) is 19.3. The highest BCUT2D eigenvalue weighted by Crippen LogP contribution is 2.38. The molecule has 1 N–H and O–H groups in total. The second-order valence-electron chi connectivity index (χ2n) is 10.7. The maximum Gasteiger partial charge on any atom is 0.251 e. The molecule has 10 heteroatoms. The number of fused-ring (bicyclic) bond motifs is 1. The lowest BCUT2D eigenvalue weighted by Crippen LogP contribution is -2.43. The van der Waals surface area contributed by atoms with Crippen molar-refractivity contribution in [3.63, 3.8) is 0 Å². The Bertz CT molecular complexity index is 1180. The molecule has 2 aliphatic heterocycles. The van der Waals surface area contributed by atoms with Gasteiger partial charge in [0.15, 0.2) is 5.82 Å². The number of methoxy groups -OCH3 is 1. The van der Waals surface area contributed by atoms with Gasteiger partial charge in [-0.3, -0.25) is 9.59 Å². The van der Waals surface area contributed by atoms with Gasteiger partial charge in [-0.2, -0.15) is 4.98 Å². The molecular formula is C28H39N7O3. The quantitative estimate of drug-likeness (QED) is 0.620. The van der Waals surface area contributed by atoms with Crippen LogP contribution in [-0.4, -0.2) is 86.7 Å². The number of ether oxygens (including phenoxy) is 1. The Labute approximate surface area is 225 Å². The molecule has 2 aromatic rings. The molecule has 38 heavy (non-hydrogen) atoms. The summed E-state index contributed by atoms with van der Waals surface area (Å²) in [4.78, 5) is 43.4. The van der Waals surface area contributed by atoms with Crippen molar-refractivity contribution in [3.05, 3.63) is 30.0 Å². The molecule has 0 atom stereocenters. The summed E-state index contributed by atoms with van der Waals surface area (Å²) in [5.74, 6) is 1.87. The van der Waals surface area contributed by atoms with Gasteiger partial charge in [0.1, 0.15) is 11.4 Å². The van der Waals surface area contributed by atoms with Crippen LogP contribution in [0.5, 0.6) is 5.75 Å².